The molecule has 4 nitrogen and oxygen atoms in total. The second-order valence-corrected chi connectivity index (χ2v) is 5.67. The normalized spacial score (nSPS) is 19.9. The van der Waals surface area contributed by atoms with Gasteiger partial charge in [-0.2, -0.15) is 4.98 Å². The molecule has 3 rings (SSSR count). The Labute approximate surface area is 109 Å². The minimum atomic E-state index is 0.214. The van der Waals surface area contributed by atoms with E-state index < -0.39 is 0 Å². The molecule has 1 aromatic carbocycles. The van der Waals surface area contributed by atoms with Crippen LogP contribution in [-0.2, 0) is 0 Å². The van der Waals surface area contributed by atoms with Crippen molar-refractivity contribution in [1.82, 2.24) is 10.1 Å². The standard InChI is InChI=1S/C13H14N2O2S/c16-10-5-3-4-9(8-10)12-14-13(17-15-12)11-6-1-2-7-18-11/h3-5,8,11,16H,1-2,6-7H2. The van der Waals surface area contributed by atoms with Gasteiger partial charge in [-0.1, -0.05) is 23.7 Å². The highest BCUT2D eigenvalue weighted by atomic mass is 32.2. The van der Waals surface area contributed by atoms with E-state index in [1.807, 2.05) is 17.8 Å². The Morgan fingerprint density at radius 1 is 1.33 bits per heavy atom. The fraction of sp³-hybridized carbons (Fsp3) is 0.385. The molecule has 18 heavy (non-hydrogen) atoms. The summed E-state index contributed by atoms with van der Waals surface area (Å²) in [6, 6.07) is 6.91. The van der Waals surface area contributed by atoms with Crippen LogP contribution in [0.25, 0.3) is 11.4 Å². The van der Waals surface area contributed by atoms with Gasteiger partial charge in [-0.3, -0.25) is 0 Å². The van der Waals surface area contributed by atoms with E-state index in [-0.39, 0.29) is 5.75 Å². The topological polar surface area (TPSA) is 59.2 Å². The first kappa shape index (κ1) is 11.6. The van der Waals surface area contributed by atoms with Crippen LogP contribution in [0, 0.1) is 0 Å². The third kappa shape index (κ3) is 2.36. The highest BCUT2D eigenvalue weighted by Crippen LogP contribution is 2.38. The number of aromatic nitrogens is 2. The molecule has 1 fully saturated rings. The summed E-state index contributed by atoms with van der Waals surface area (Å²) in [5, 5.41) is 13.8. The Bertz CT molecular complexity index is 535. The maximum Gasteiger partial charge on any atom is 0.240 e. The summed E-state index contributed by atoms with van der Waals surface area (Å²) in [7, 11) is 0. The molecule has 1 atom stereocenters. The van der Waals surface area contributed by atoms with Gasteiger partial charge < -0.3 is 9.63 Å². The summed E-state index contributed by atoms with van der Waals surface area (Å²) in [5.41, 5.74) is 0.783. The van der Waals surface area contributed by atoms with Gasteiger partial charge in [0, 0.05) is 5.56 Å². The molecular formula is C13H14N2O2S. The second kappa shape index (κ2) is 5.02. The maximum absolute atomic E-state index is 9.44. The molecular weight excluding hydrogens is 248 g/mol. The van der Waals surface area contributed by atoms with Crippen LogP contribution >= 0.6 is 11.8 Å². The van der Waals surface area contributed by atoms with Gasteiger partial charge in [0.15, 0.2) is 0 Å². The molecule has 1 unspecified atom stereocenters. The molecule has 0 bridgehead atoms. The van der Waals surface area contributed by atoms with E-state index in [1.54, 1.807) is 18.2 Å². The number of nitrogens with zero attached hydrogens (tertiary/aromatic N) is 2. The zero-order valence-electron chi connectivity index (χ0n) is 9.87. The average molecular weight is 262 g/mol. The van der Waals surface area contributed by atoms with Crippen molar-refractivity contribution in [3.63, 3.8) is 0 Å². The van der Waals surface area contributed by atoms with Crippen molar-refractivity contribution >= 4 is 11.8 Å². The number of aromatic hydroxyl groups is 1. The van der Waals surface area contributed by atoms with Crippen LogP contribution in [0.5, 0.6) is 5.75 Å². The molecule has 1 saturated heterocycles. The molecule has 0 saturated carbocycles. The first-order valence-electron chi connectivity index (χ1n) is 6.07. The Morgan fingerprint density at radius 2 is 2.28 bits per heavy atom. The number of hydrogen-bond acceptors (Lipinski definition) is 5. The third-order valence-corrected chi connectivity index (χ3v) is 4.37. The molecule has 2 aromatic rings. The maximum atomic E-state index is 9.44. The van der Waals surface area contributed by atoms with Crippen molar-refractivity contribution in [2.75, 3.05) is 5.75 Å². The highest BCUT2D eigenvalue weighted by molar-refractivity contribution is 7.99. The summed E-state index contributed by atoms with van der Waals surface area (Å²) in [6.07, 6.45) is 3.60. The van der Waals surface area contributed by atoms with Gasteiger partial charge in [0.05, 0.1) is 5.25 Å². The lowest BCUT2D eigenvalue weighted by Crippen LogP contribution is -2.02. The summed E-state index contributed by atoms with van der Waals surface area (Å²) in [4.78, 5) is 4.44. The van der Waals surface area contributed by atoms with Gasteiger partial charge in [0.2, 0.25) is 11.7 Å². The van der Waals surface area contributed by atoms with E-state index in [0.717, 1.165) is 17.7 Å². The van der Waals surface area contributed by atoms with E-state index in [0.29, 0.717) is 17.0 Å². The summed E-state index contributed by atoms with van der Waals surface area (Å²) < 4.78 is 5.33. The number of phenols is 1. The predicted octanol–water partition coefficient (Wildman–Crippen LogP) is 3.40. The van der Waals surface area contributed by atoms with Crippen LogP contribution in [0.2, 0.25) is 0 Å². The van der Waals surface area contributed by atoms with E-state index in [4.69, 9.17) is 4.52 Å². The van der Waals surface area contributed by atoms with E-state index in [1.165, 1.54) is 12.8 Å². The van der Waals surface area contributed by atoms with E-state index in [2.05, 4.69) is 10.1 Å². The number of rotatable bonds is 2. The Kier molecular flexibility index (Phi) is 3.23. The SMILES string of the molecule is Oc1cccc(-c2noc(C3CCCCS3)n2)c1. The quantitative estimate of drug-likeness (QED) is 0.898. The molecule has 5 heteroatoms. The monoisotopic (exact) mass is 262 g/mol. The fourth-order valence-corrected chi connectivity index (χ4v) is 3.29. The van der Waals surface area contributed by atoms with Crippen LogP contribution in [-0.4, -0.2) is 21.0 Å². The fourth-order valence-electron chi connectivity index (χ4n) is 2.06. The zero-order chi connectivity index (χ0) is 12.4. The highest BCUT2D eigenvalue weighted by Gasteiger charge is 2.22. The van der Waals surface area contributed by atoms with Gasteiger partial charge in [0.25, 0.3) is 0 Å². The van der Waals surface area contributed by atoms with Gasteiger partial charge in [-0.15, -0.1) is 11.8 Å². The molecule has 1 aromatic heterocycles. The van der Waals surface area contributed by atoms with E-state index >= 15 is 0 Å². The molecule has 1 aliphatic rings. The van der Waals surface area contributed by atoms with Gasteiger partial charge >= 0.3 is 0 Å². The molecule has 0 radical (unpaired) electrons. The van der Waals surface area contributed by atoms with Gasteiger partial charge in [-0.05, 0) is 30.7 Å². The molecule has 0 spiro atoms. The van der Waals surface area contributed by atoms with Crippen molar-refractivity contribution in [1.29, 1.82) is 0 Å². The Balaban J connectivity index is 1.84. The van der Waals surface area contributed by atoms with Crippen LogP contribution < -0.4 is 0 Å². The minimum absolute atomic E-state index is 0.214. The van der Waals surface area contributed by atoms with Crippen LogP contribution in [0.1, 0.15) is 30.4 Å². The molecule has 1 aliphatic heterocycles. The second-order valence-electron chi connectivity index (χ2n) is 4.36. The Hall–Kier alpha value is -1.49. The Morgan fingerprint density at radius 3 is 3.06 bits per heavy atom. The van der Waals surface area contributed by atoms with Gasteiger partial charge in [-0.25, -0.2) is 0 Å². The molecule has 0 amide bonds. The lowest BCUT2D eigenvalue weighted by Gasteiger charge is -2.16. The van der Waals surface area contributed by atoms with Crippen molar-refractivity contribution in [3.8, 4) is 17.1 Å². The van der Waals surface area contributed by atoms with Crippen LogP contribution in [0.4, 0.5) is 0 Å². The van der Waals surface area contributed by atoms with Crippen molar-refractivity contribution < 1.29 is 9.63 Å². The first-order valence-corrected chi connectivity index (χ1v) is 7.12. The van der Waals surface area contributed by atoms with Crippen molar-refractivity contribution in [2.45, 2.75) is 24.5 Å². The van der Waals surface area contributed by atoms with Gasteiger partial charge in [0.1, 0.15) is 5.75 Å². The molecule has 0 aliphatic carbocycles. The van der Waals surface area contributed by atoms with Crippen molar-refractivity contribution in [3.05, 3.63) is 30.2 Å². The smallest absolute Gasteiger partial charge is 0.240 e. The molecule has 1 N–H and O–H groups in total. The minimum Gasteiger partial charge on any atom is -0.508 e. The average Bonchev–Trinajstić information content (AvgIpc) is 2.89. The van der Waals surface area contributed by atoms with E-state index in [9.17, 15) is 5.11 Å². The molecule has 94 valence electrons. The zero-order valence-corrected chi connectivity index (χ0v) is 10.7. The van der Waals surface area contributed by atoms with Crippen LogP contribution in [0.3, 0.4) is 0 Å². The lowest BCUT2D eigenvalue weighted by atomic mass is 10.2. The summed E-state index contributed by atoms with van der Waals surface area (Å²) in [6.45, 7) is 0. The lowest BCUT2D eigenvalue weighted by molar-refractivity contribution is 0.370. The molecule has 2 heterocycles. The first-order chi connectivity index (χ1) is 8.83. The largest absolute Gasteiger partial charge is 0.508 e. The summed E-state index contributed by atoms with van der Waals surface area (Å²) in [5.74, 6) is 2.63. The third-order valence-electron chi connectivity index (χ3n) is 3.00. The number of phenolic OH excluding ortho intramolecular Hbond substituents is 1. The number of benzene rings is 1. The van der Waals surface area contributed by atoms with Crippen LogP contribution in [0.15, 0.2) is 28.8 Å². The number of hydrogen-bond donors (Lipinski definition) is 1. The predicted molar refractivity (Wildman–Crippen MR) is 70.4 cm³/mol. The van der Waals surface area contributed by atoms with Crippen molar-refractivity contribution in [2.24, 2.45) is 0 Å². The number of thioether (sulfide) groups is 1. The summed E-state index contributed by atoms with van der Waals surface area (Å²) >= 11 is 1.88.